The second-order valence-corrected chi connectivity index (χ2v) is 7.01. The van der Waals surface area contributed by atoms with Gasteiger partial charge in [-0.05, 0) is 35.1 Å². The Morgan fingerprint density at radius 3 is 2.00 bits per heavy atom. The fourth-order valence-electron chi connectivity index (χ4n) is 3.86. The average molecular weight is 367 g/mol. The molecule has 27 heavy (non-hydrogen) atoms. The van der Waals surface area contributed by atoms with Crippen LogP contribution in [0.3, 0.4) is 0 Å². The van der Waals surface area contributed by atoms with Gasteiger partial charge < -0.3 is 15.2 Å². The summed E-state index contributed by atoms with van der Waals surface area (Å²) in [5.74, 6) is -0.946. The molecule has 2 aromatic carbocycles. The summed E-state index contributed by atoms with van der Waals surface area (Å²) in [6, 6.07) is 16.3. The summed E-state index contributed by atoms with van der Waals surface area (Å²) in [5.41, 5.74) is 3.85. The molecule has 0 unspecified atom stereocenters. The number of carbonyl (C=O) groups excluding carboxylic acids is 1. The van der Waals surface area contributed by atoms with E-state index in [1.54, 1.807) is 0 Å². The summed E-state index contributed by atoms with van der Waals surface area (Å²) in [4.78, 5) is 23.6. The molecule has 5 nitrogen and oxygen atoms in total. The first-order valence-corrected chi connectivity index (χ1v) is 9.34. The van der Waals surface area contributed by atoms with Gasteiger partial charge in [-0.2, -0.15) is 0 Å². The molecule has 0 saturated heterocycles. The molecule has 142 valence electrons. The lowest BCUT2D eigenvalue weighted by atomic mass is 9.89. The number of fused-ring (bicyclic) bond motifs is 3. The number of hydrogen-bond acceptors (Lipinski definition) is 3. The van der Waals surface area contributed by atoms with Gasteiger partial charge in [-0.3, -0.25) is 4.79 Å². The maximum absolute atomic E-state index is 12.4. The molecule has 1 aliphatic carbocycles. The number of nitrogens with one attached hydrogen (secondary N) is 1. The molecule has 1 amide bonds. The second kappa shape index (κ2) is 7.82. The van der Waals surface area contributed by atoms with E-state index in [4.69, 9.17) is 9.84 Å². The van der Waals surface area contributed by atoms with Gasteiger partial charge in [-0.25, -0.2) is 4.79 Å². The van der Waals surface area contributed by atoms with E-state index in [1.165, 1.54) is 11.1 Å². The van der Waals surface area contributed by atoms with Crippen molar-refractivity contribution >= 4 is 12.1 Å². The lowest BCUT2D eigenvalue weighted by Gasteiger charge is -2.31. The third kappa shape index (κ3) is 3.82. The molecule has 2 N–H and O–H groups in total. The molecule has 0 aromatic heterocycles. The molecule has 5 heteroatoms. The van der Waals surface area contributed by atoms with Gasteiger partial charge in [0.05, 0.1) is 12.0 Å². The number of ether oxygens (including phenoxy) is 1. The Labute approximate surface area is 159 Å². The Kier molecular flexibility index (Phi) is 5.49. The van der Waals surface area contributed by atoms with Crippen molar-refractivity contribution < 1.29 is 19.4 Å². The quantitative estimate of drug-likeness (QED) is 0.752. The van der Waals surface area contributed by atoms with Crippen LogP contribution in [0.5, 0.6) is 0 Å². The van der Waals surface area contributed by atoms with Crippen LogP contribution in [-0.4, -0.2) is 29.3 Å². The molecule has 2 aromatic rings. The minimum Gasteiger partial charge on any atom is -0.481 e. The van der Waals surface area contributed by atoms with Gasteiger partial charge in [0.2, 0.25) is 0 Å². The smallest absolute Gasteiger partial charge is 0.407 e. The zero-order valence-corrected chi connectivity index (χ0v) is 15.7. The van der Waals surface area contributed by atoms with Crippen molar-refractivity contribution in [3.8, 4) is 11.1 Å². The molecule has 0 heterocycles. The van der Waals surface area contributed by atoms with Gasteiger partial charge in [-0.15, -0.1) is 0 Å². The summed E-state index contributed by atoms with van der Waals surface area (Å²) >= 11 is 0. The Bertz CT molecular complexity index is 796. The molecule has 0 radical (unpaired) electrons. The maximum atomic E-state index is 12.4. The summed E-state index contributed by atoms with van der Waals surface area (Å²) in [7, 11) is 0. The Balaban J connectivity index is 1.73. The molecule has 0 fully saturated rings. The summed E-state index contributed by atoms with van der Waals surface area (Å²) in [5, 5.41) is 11.9. The topological polar surface area (TPSA) is 75.6 Å². The highest BCUT2D eigenvalue weighted by Crippen LogP contribution is 2.44. The lowest BCUT2D eigenvalue weighted by Crippen LogP contribution is -2.49. The van der Waals surface area contributed by atoms with E-state index in [0.29, 0.717) is 12.8 Å². The van der Waals surface area contributed by atoms with Gasteiger partial charge in [0.15, 0.2) is 0 Å². The zero-order chi connectivity index (χ0) is 19.4. The van der Waals surface area contributed by atoms with Crippen LogP contribution < -0.4 is 5.32 Å². The van der Waals surface area contributed by atoms with E-state index in [-0.39, 0.29) is 18.9 Å². The van der Waals surface area contributed by atoms with Crippen molar-refractivity contribution in [3.63, 3.8) is 0 Å². The number of amides is 1. The lowest BCUT2D eigenvalue weighted by molar-refractivity contribution is -0.138. The van der Waals surface area contributed by atoms with Crippen LogP contribution in [0, 0.1) is 0 Å². The SMILES string of the molecule is CCC(CC)(CC(=O)O)NC(=O)OCC1c2ccccc2-c2ccccc21. The molecule has 0 aliphatic heterocycles. The maximum Gasteiger partial charge on any atom is 0.407 e. The number of aliphatic carboxylic acids is 1. The van der Waals surface area contributed by atoms with Crippen LogP contribution >= 0.6 is 0 Å². The van der Waals surface area contributed by atoms with Crippen molar-refractivity contribution in [2.24, 2.45) is 0 Å². The molecule has 1 aliphatic rings. The van der Waals surface area contributed by atoms with Crippen LogP contribution in [0.1, 0.15) is 50.2 Å². The molecule has 0 saturated carbocycles. The van der Waals surface area contributed by atoms with Crippen LogP contribution in [0.2, 0.25) is 0 Å². The average Bonchev–Trinajstić information content (AvgIpc) is 2.99. The zero-order valence-electron chi connectivity index (χ0n) is 15.7. The predicted molar refractivity (Wildman–Crippen MR) is 104 cm³/mol. The summed E-state index contributed by atoms with van der Waals surface area (Å²) in [6.07, 6.45) is 0.367. The minimum absolute atomic E-state index is 0.0136. The third-order valence-corrected chi connectivity index (χ3v) is 5.55. The number of carboxylic acids is 1. The fraction of sp³-hybridized carbons (Fsp3) is 0.364. The highest BCUT2D eigenvalue weighted by Gasteiger charge is 2.33. The summed E-state index contributed by atoms with van der Waals surface area (Å²) in [6.45, 7) is 3.96. The van der Waals surface area contributed by atoms with Crippen molar-refractivity contribution in [1.29, 1.82) is 0 Å². The number of alkyl carbamates (subject to hydrolysis) is 1. The normalized spacial score (nSPS) is 13.0. The van der Waals surface area contributed by atoms with Gasteiger partial charge in [-0.1, -0.05) is 62.4 Å². The van der Waals surface area contributed by atoms with E-state index in [2.05, 4.69) is 29.6 Å². The van der Waals surface area contributed by atoms with Crippen molar-refractivity contribution in [2.45, 2.75) is 44.6 Å². The monoisotopic (exact) mass is 367 g/mol. The summed E-state index contributed by atoms with van der Waals surface area (Å²) < 4.78 is 5.54. The predicted octanol–water partition coefficient (Wildman–Crippen LogP) is 4.56. The van der Waals surface area contributed by atoms with E-state index in [1.807, 2.05) is 38.1 Å². The highest BCUT2D eigenvalue weighted by molar-refractivity contribution is 5.79. The minimum atomic E-state index is -0.933. The number of carbonyl (C=O) groups is 2. The largest absolute Gasteiger partial charge is 0.481 e. The number of benzene rings is 2. The molecule has 0 bridgehead atoms. The van der Waals surface area contributed by atoms with Gasteiger partial charge in [0, 0.05) is 5.92 Å². The van der Waals surface area contributed by atoms with Gasteiger partial charge in [0.1, 0.15) is 6.61 Å². The molecule has 0 atom stereocenters. The van der Waals surface area contributed by atoms with Gasteiger partial charge >= 0.3 is 12.1 Å². The van der Waals surface area contributed by atoms with Crippen LogP contribution in [0.25, 0.3) is 11.1 Å². The Morgan fingerprint density at radius 1 is 1.00 bits per heavy atom. The molecular formula is C22H25NO4. The van der Waals surface area contributed by atoms with E-state index in [9.17, 15) is 9.59 Å². The van der Waals surface area contributed by atoms with Crippen molar-refractivity contribution in [3.05, 3.63) is 59.7 Å². The molecular weight excluding hydrogens is 342 g/mol. The van der Waals surface area contributed by atoms with E-state index in [0.717, 1.165) is 11.1 Å². The number of carboxylic acid groups (broad SMARTS) is 1. The second-order valence-electron chi connectivity index (χ2n) is 7.01. The van der Waals surface area contributed by atoms with Crippen LogP contribution in [0.4, 0.5) is 4.79 Å². The van der Waals surface area contributed by atoms with E-state index >= 15 is 0 Å². The molecule has 0 spiro atoms. The Hall–Kier alpha value is -2.82. The Morgan fingerprint density at radius 2 is 1.52 bits per heavy atom. The number of rotatable bonds is 7. The standard InChI is InChI=1S/C22H25NO4/c1-3-22(4-2,13-20(24)25)23-21(26)27-14-19-17-11-7-5-9-15(17)16-10-6-8-12-18(16)19/h5-12,19H,3-4,13-14H2,1-2H3,(H,23,26)(H,24,25). The first kappa shape index (κ1) is 19.0. The van der Waals surface area contributed by atoms with E-state index < -0.39 is 17.6 Å². The first-order valence-electron chi connectivity index (χ1n) is 9.34. The third-order valence-electron chi connectivity index (χ3n) is 5.55. The van der Waals surface area contributed by atoms with Gasteiger partial charge in [0.25, 0.3) is 0 Å². The van der Waals surface area contributed by atoms with Crippen molar-refractivity contribution in [2.75, 3.05) is 6.61 Å². The fourth-order valence-corrected chi connectivity index (χ4v) is 3.86. The first-order chi connectivity index (χ1) is 13.0. The highest BCUT2D eigenvalue weighted by atomic mass is 16.5. The van der Waals surface area contributed by atoms with Crippen LogP contribution in [0.15, 0.2) is 48.5 Å². The molecule has 3 rings (SSSR count). The van der Waals surface area contributed by atoms with Crippen LogP contribution in [-0.2, 0) is 9.53 Å². The number of hydrogen-bond donors (Lipinski definition) is 2. The van der Waals surface area contributed by atoms with Crippen molar-refractivity contribution in [1.82, 2.24) is 5.32 Å².